The highest BCUT2D eigenvalue weighted by Crippen LogP contribution is 2.19. The number of ketones is 1. The summed E-state index contributed by atoms with van der Waals surface area (Å²) < 4.78 is 0. The van der Waals surface area contributed by atoms with Crippen LogP contribution in [0.15, 0.2) is 72.9 Å². The van der Waals surface area contributed by atoms with Gasteiger partial charge in [0.1, 0.15) is 0 Å². The fourth-order valence-corrected chi connectivity index (χ4v) is 2.89. The van der Waals surface area contributed by atoms with Crippen LogP contribution in [-0.4, -0.2) is 22.6 Å². The Morgan fingerprint density at radius 3 is 2.22 bits per heavy atom. The maximum Gasteiger partial charge on any atom is 0.231 e. The Balaban J connectivity index is 1.75. The smallest absolute Gasteiger partial charge is 0.231 e. The van der Waals surface area contributed by atoms with Gasteiger partial charge in [-0.3, -0.25) is 9.59 Å². The van der Waals surface area contributed by atoms with Gasteiger partial charge in [0, 0.05) is 18.7 Å². The summed E-state index contributed by atoms with van der Waals surface area (Å²) in [5.41, 5.74) is 2.12. The van der Waals surface area contributed by atoms with Gasteiger partial charge in [-0.05, 0) is 23.6 Å². The number of benzene rings is 2. The van der Waals surface area contributed by atoms with E-state index in [0.29, 0.717) is 19.3 Å². The van der Waals surface area contributed by atoms with Gasteiger partial charge in [0.2, 0.25) is 5.91 Å². The summed E-state index contributed by atoms with van der Waals surface area (Å²) in [5, 5.41) is 0. The molecule has 1 aliphatic heterocycles. The molecule has 1 heterocycles. The van der Waals surface area contributed by atoms with Gasteiger partial charge in [-0.25, -0.2) is 0 Å². The summed E-state index contributed by atoms with van der Waals surface area (Å²) in [6, 6.07) is 19.6. The summed E-state index contributed by atoms with van der Waals surface area (Å²) in [4.78, 5) is 26.1. The highest BCUT2D eigenvalue weighted by Gasteiger charge is 2.27. The maximum absolute atomic E-state index is 12.6. The molecule has 2 aromatic rings. The van der Waals surface area contributed by atoms with Gasteiger partial charge in [0.05, 0.1) is 6.42 Å². The Hall–Kier alpha value is -2.68. The van der Waals surface area contributed by atoms with Crippen molar-refractivity contribution in [3.63, 3.8) is 0 Å². The number of nitrogens with zero attached hydrogens (tertiary/aromatic N) is 1. The SMILES string of the molecule is O=C1C=CN(C(=O)Cc2ccccc2)C(Cc2ccccc2)C1. The summed E-state index contributed by atoms with van der Waals surface area (Å²) in [5.74, 6) is 0.107. The van der Waals surface area contributed by atoms with Gasteiger partial charge in [0.15, 0.2) is 5.78 Å². The zero-order chi connectivity index (χ0) is 16.1. The summed E-state index contributed by atoms with van der Waals surface area (Å²) in [6.07, 6.45) is 4.57. The third kappa shape index (κ3) is 3.95. The van der Waals surface area contributed by atoms with Crippen molar-refractivity contribution in [2.24, 2.45) is 0 Å². The third-order valence-corrected chi connectivity index (χ3v) is 4.05. The standard InChI is InChI=1S/C20H19NO2/c22-19-11-12-21(20(23)14-17-9-5-2-6-10-17)18(15-19)13-16-7-3-1-4-8-16/h1-12,18H,13-15H2. The number of amides is 1. The van der Waals surface area contributed by atoms with Gasteiger partial charge in [-0.1, -0.05) is 60.7 Å². The van der Waals surface area contributed by atoms with E-state index in [4.69, 9.17) is 0 Å². The second-order valence-electron chi connectivity index (χ2n) is 5.79. The first kappa shape index (κ1) is 15.2. The van der Waals surface area contributed by atoms with E-state index >= 15 is 0 Å². The molecule has 2 aromatic carbocycles. The molecule has 0 aliphatic carbocycles. The van der Waals surface area contributed by atoms with E-state index in [1.54, 1.807) is 11.1 Å². The Morgan fingerprint density at radius 1 is 0.957 bits per heavy atom. The molecule has 0 fully saturated rings. The maximum atomic E-state index is 12.6. The van der Waals surface area contributed by atoms with Crippen molar-refractivity contribution in [1.82, 2.24) is 4.90 Å². The monoisotopic (exact) mass is 305 g/mol. The van der Waals surface area contributed by atoms with Crippen LogP contribution < -0.4 is 0 Å². The number of hydrogen-bond donors (Lipinski definition) is 0. The zero-order valence-electron chi connectivity index (χ0n) is 12.9. The van der Waals surface area contributed by atoms with Crippen molar-refractivity contribution < 1.29 is 9.59 Å². The van der Waals surface area contributed by atoms with Crippen LogP contribution in [0.1, 0.15) is 17.5 Å². The Kier molecular flexibility index (Phi) is 4.67. The lowest BCUT2D eigenvalue weighted by Gasteiger charge is -2.31. The van der Waals surface area contributed by atoms with Crippen LogP contribution in [0.25, 0.3) is 0 Å². The predicted molar refractivity (Wildman–Crippen MR) is 89.7 cm³/mol. The Labute approximate surface area is 136 Å². The second-order valence-corrected chi connectivity index (χ2v) is 5.79. The number of carbonyl (C=O) groups is 2. The first-order valence-electron chi connectivity index (χ1n) is 7.82. The minimum absolute atomic E-state index is 0.0286. The highest BCUT2D eigenvalue weighted by molar-refractivity contribution is 5.93. The first-order valence-corrected chi connectivity index (χ1v) is 7.82. The number of allylic oxidation sites excluding steroid dienone is 1. The van der Waals surface area contributed by atoms with Gasteiger partial charge in [-0.2, -0.15) is 0 Å². The summed E-state index contributed by atoms with van der Waals surface area (Å²) in [7, 11) is 0. The topological polar surface area (TPSA) is 37.4 Å². The minimum atomic E-state index is -0.105. The zero-order valence-corrected chi connectivity index (χ0v) is 12.9. The van der Waals surface area contributed by atoms with Crippen LogP contribution in [0, 0.1) is 0 Å². The van der Waals surface area contributed by atoms with E-state index in [1.165, 1.54) is 6.08 Å². The van der Waals surface area contributed by atoms with Crippen molar-refractivity contribution in [2.75, 3.05) is 0 Å². The van der Waals surface area contributed by atoms with E-state index in [2.05, 4.69) is 0 Å². The molecule has 3 heteroatoms. The lowest BCUT2D eigenvalue weighted by atomic mass is 9.97. The fraction of sp³-hybridized carbons (Fsp3) is 0.200. The van der Waals surface area contributed by atoms with E-state index in [-0.39, 0.29) is 17.7 Å². The minimum Gasteiger partial charge on any atom is -0.315 e. The normalized spacial score (nSPS) is 17.3. The van der Waals surface area contributed by atoms with E-state index in [9.17, 15) is 9.59 Å². The molecular formula is C20H19NO2. The Morgan fingerprint density at radius 2 is 1.57 bits per heavy atom. The van der Waals surface area contributed by atoms with Gasteiger partial charge in [0.25, 0.3) is 0 Å². The first-order chi connectivity index (χ1) is 11.2. The average Bonchev–Trinajstić information content (AvgIpc) is 2.57. The molecule has 1 atom stereocenters. The summed E-state index contributed by atoms with van der Waals surface area (Å²) in [6.45, 7) is 0. The molecule has 1 unspecified atom stereocenters. The van der Waals surface area contributed by atoms with Gasteiger partial charge < -0.3 is 4.90 Å². The van der Waals surface area contributed by atoms with Crippen molar-refractivity contribution in [1.29, 1.82) is 0 Å². The molecule has 116 valence electrons. The van der Waals surface area contributed by atoms with Crippen molar-refractivity contribution in [2.45, 2.75) is 25.3 Å². The van der Waals surface area contributed by atoms with Crippen LogP contribution in [0.2, 0.25) is 0 Å². The van der Waals surface area contributed by atoms with Crippen LogP contribution in [0.3, 0.4) is 0 Å². The molecule has 0 radical (unpaired) electrons. The van der Waals surface area contributed by atoms with Gasteiger partial charge in [-0.15, -0.1) is 0 Å². The molecular weight excluding hydrogens is 286 g/mol. The number of hydrogen-bond acceptors (Lipinski definition) is 2. The highest BCUT2D eigenvalue weighted by atomic mass is 16.2. The molecule has 1 aliphatic rings. The number of rotatable bonds is 4. The molecule has 0 saturated heterocycles. The second kappa shape index (κ2) is 7.05. The molecule has 3 nitrogen and oxygen atoms in total. The van der Waals surface area contributed by atoms with Crippen LogP contribution in [0.5, 0.6) is 0 Å². The third-order valence-electron chi connectivity index (χ3n) is 4.05. The van der Waals surface area contributed by atoms with E-state index < -0.39 is 0 Å². The molecule has 0 N–H and O–H groups in total. The van der Waals surface area contributed by atoms with E-state index in [1.807, 2.05) is 60.7 Å². The molecule has 23 heavy (non-hydrogen) atoms. The van der Waals surface area contributed by atoms with Gasteiger partial charge >= 0.3 is 0 Å². The van der Waals surface area contributed by atoms with Crippen molar-refractivity contribution in [3.8, 4) is 0 Å². The molecule has 3 rings (SSSR count). The molecule has 0 aromatic heterocycles. The van der Waals surface area contributed by atoms with Crippen LogP contribution >= 0.6 is 0 Å². The lowest BCUT2D eigenvalue weighted by Crippen LogP contribution is -2.42. The van der Waals surface area contributed by atoms with Crippen LogP contribution in [-0.2, 0) is 22.4 Å². The molecule has 1 amide bonds. The molecule has 0 saturated carbocycles. The predicted octanol–water partition coefficient (Wildman–Crippen LogP) is 3.16. The lowest BCUT2D eigenvalue weighted by molar-refractivity contribution is -0.131. The van der Waals surface area contributed by atoms with Crippen molar-refractivity contribution in [3.05, 3.63) is 84.1 Å². The quantitative estimate of drug-likeness (QED) is 0.870. The molecule has 0 bridgehead atoms. The van der Waals surface area contributed by atoms with E-state index in [0.717, 1.165) is 11.1 Å². The fourth-order valence-electron chi connectivity index (χ4n) is 2.89. The number of carbonyl (C=O) groups excluding carboxylic acids is 2. The average molecular weight is 305 g/mol. The summed E-state index contributed by atoms with van der Waals surface area (Å²) >= 11 is 0. The Bertz CT molecular complexity index is 707. The van der Waals surface area contributed by atoms with Crippen molar-refractivity contribution >= 4 is 11.7 Å². The van der Waals surface area contributed by atoms with Crippen LogP contribution in [0.4, 0.5) is 0 Å². The molecule has 0 spiro atoms. The largest absolute Gasteiger partial charge is 0.315 e.